The first kappa shape index (κ1) is 24.2. The molecule has 2 aromatic carbocycles. The maximum atomic E-state index is 14.4. The van der Waals surface area contributed by atoms with Crippen molar-refractivity contribution < 1.29 is 18.7 Å². The Hall–Kier alpha value is -3.43. The van der Waals surface area contributed by atoms with E-state index in [4.69, 9.17) is 21.1 Å². The van der Waals surface area contributed by atoms with E-state index >= 15 is 0 Å². The van der Waals surface area contributed by atoms with Crippen molar-refractivity contribution in [3.8, 4) is 5.75 Å². The number of ether oxygens (including phenoxy) is 2. The van der Waals surface area contributed by atoms with Crippen molar-refractivity contribution >= 4 is 34.8 Å². The molecule has 0 saturated heterocycles. The van der Waals surface area contributed by atoms with Crippen LogP contribution in [0.1, 0.15) is 19.4 Å². The van der Waals surface area contributed by atoms with Gasteiger partial charge in [0.05, 0.1) is 18.8 Å². The predicted molar refractivity (Wildman–Crippen MR) is 125 cm³/mol. The zero-order valence-corrected chi connectivity index (χ0v) is 19.1. The zero-order valence-electron chi connectivity index (χ0n) is 18.4. The third kappa shape index (κ3) is 6.53. The molecular formula is C23H24ClFN4O4. The van der Waals surface area contributed by atoms with Crippen molar-refractivity contribution in [3.63, 3.8) is 0 Å². The number of carbonyl (C=O) groups is 1. The van der Waals surface area contributed by atoms with Crippen LogP contribution in [0.25, 0.3) is 0 Å². The molecule has 33 heavy (non-hydrogen) atoms. The molecule has 10 heteroatoms. The Morgan fingerprint density at radius 2 is 1.94 bits per heavy atom. The van der Waals surface area contributed by atoms with Gasteiger partial charge >= 0.3 is 0 Å². The Morgan fingerprint density at radius 3 is 2.58 bits per heavy atom. The molecule has 1 amide bonds. The van der Waals surface area contributed by atoms with E-state index in [1.807, 2.05) is 0 Å². The summed E-state index contributed by atoms with van der Waals surface area (Å²) in [4.78, 5) is 29.3. The van der Waals surface area contributed by atoms with Crippen LogP contribution < -0.4 is 20.9 Å². The molecule has 0 aliphatic carbocycles. The molecule has 0 atom stereocenters. The Morgan fingerprint density at radius 1 is 1.21 bits per heavy atom. The smallest absolute Gasteiger partial charge is 0.279 e. The van der Waals surface area contributed by atoms with Crippen LogP contribution in [0.5, 0.6) is 5.75 Å². The molecule has 0 radical (unpaired) electrons. The lowest BCUT2D eigenvalue weighted by Crippen LogP contribution is -2.30. The SMILES string of the molecule is COCC(=O)Nc1cnc(Nc2ccc(OC(C)C)c(F)c2)n(Cc2ccc(Cl)cc2)c1=O. The number of hydrogen-bond donors (Lipinski definition) is 2. The van der Waals surface area contributed by atoms with Gasteiger partial charge in [0.25, 0.3) is 11.5 Å². The molecule has 0 spiro atoms. The first-order chi connectivity index (χ1) is 15.8. The van der Waals surface area contributed by atoms with Crippen molar-refractivity contribution in [3.05, 3.63) is 75.4 Å². The minimum Gasteiger partial charge on any atom is -0.488 e. The molecule has 0 aliphatic heterocycles. The molecule has 0 fully saturated rings. The Balaban J connectivity index is 1.96. The summed E-state index contributed by atoms with van der Waals surface area (Å²) in [7, 11) is 1.38. The van der Waals surface area contributed by atoms with Gasteiger partial charge in [-0.3, -0.25) is 14.2 Å². The van der Waals surface area contributed by atoms with Crippen LogP contribution in [0.2, 0.25) is 5.02 Å². The highest BCUT2D eigenvalue weighted by molar-refractivity contribution is 6.30. The van der Waals surface area contributed by atoms with Gasteiger partial charge in [-0.1, -0.05) is 23.7 Å². The summed E-state index contributed by atoms with van der Waals surface area (Å²) in [6.07, 6.45) is 1.06. The average molecular weight is 475 g/mol. The molecule has 0 saturated carbocycles. The maximum Gasteiger partial charge on any atom is 0.279 e. The molecule has 0 unspecified atom stereocenters. The van der Waals surface area contributed by atoms with Crippen molar-refractivity contribution in [1.29, 1.82) is 0 Å². The summed E-state index contributed by atoms with van der Waals surface area (Å²) < 4.78 is 26.0. The van der Waals surface area contributed by atoms with Gasteiger partial charge in [-0.25, -0.2) is 9.37 Å². The van der Waals surface area contributed by atoms with E-state index in [1.54, 1.807) is 44.2 Å². The monoisotopic (exact) mass is 474 g/mol. The lowest BCUT2D eigenvalue weighted by atomic mass is 10.2. The van der Waals surface area contributed by atoms with Crippen molar-refractivity contribution in [2.45, 2.75) is 26.5 Å². The number of rotatable bonds is 9. The van der Waals surface area contributed by atoms with Crippen molar-refractivity contribution in [2.24, 2.45) is 0 Å². The van der Waals surface area contributed by atoms with E-state index in [-0.39, 0.29) is 36.6 Å². The second kappa shape index (κ2) is 10.9. The number of carbonyl (C=O) groups excluding carboxylic acids is 1. The molecule has 174 valence electrons. The molecule has 0 bridgehead atoms. The van der Waals surface area contributed by atoms with Crippen molar-refractivity contribution in [1.82, 2.24) is 9.55 Å². The number of anilines is 3. The minimum atomic E-state index is -0.552. The molecule has 1 heterocycles. The third-order valence-electron chi connectivity index (χ3n) is 4.40. The van der Waals surface area contributed by atoms with E-state index in [9.17, 15) is 14.0 Å². The minimum absolute atomic E-state index is 0.0107. The highest BCUT2D eigenvalue weighted by Gasteiger charge is 2.15. The van der Waals surface area contributed by atoms with Gasteiger partial charge in [0, 0.05) is 23.9 Å². The Kier molecular flexibility index (Phi) is 8.02. The topological polar surface area (TPSA) is 94.5 Å². The fraction of sp³-hybridized carbons (Fsp3) is 0.261. The third-order valence-corrected chi connectivity index (χ3v) is 4.65. The van der Waals surface area contributed by atoms with Crippen LogP contribution >= 0.6 is 11.6 Å². The summed E-state index contributed by atoms with van der Waals surface area (Å²) in [5.74, 6) is -0.753. The van der Waals surface area contributed by atoms with Crippen molar-refractivity contribution in [2.75, 3.05) is 24.4 Å². The molecule has 3 rings (SSSR count). The Bertz CT molecular complexity index is 1180. The van der Waals surface area contributed by atoms with Crippen LogP contribution in [-0.4, -0.2) is 35.3 Å². The lowest BCUT2D eigenvalue weighted by Gasteiger charge is -2.16. The number of nitrogens with one attached hydrogen (secondary N) is 2. The number of methoxy groups -OCH3 is 1. The van der Waals surface area contributed by atoms with Gasteiger partial charge in [-0.05, 0) is 43.7 Å². The zero-order chi connectivity index (χ0) is 24.0. The van der Waals surface area contributed by atoms with Gasteiger partial charge in [0.2, 0.25) is 5.95 Å². The van der Waals surface area contributed by atoms with Crippen LogP contribution in [0.3, 0.4) is 0 Å². The quantitative estimate of drug-likeness (QED) is 0.482. The van der Waals surface area contributed by atoms with E-state index < -0.39 is 17.3 Å². The summed E-state index contributed by atoms with van der Waals surface area (Å²) in [5.41, 5.74) is 0.644. The van der Waals surface area contributed by atoms with E-state index in [1.165, 1.54) is 30.0 Å². The number of amides is 1. The van der Waals surface area contributed by atoms with Crippen LogP contribution in [0.4, 0.5) is 21.7 Å². The Labute approximate surface area is 195 Å². The van der Waals surface area contributed by atoms with E-state index in [2.05, 4.69) is 15.6 Å². The second-order valence-electron chi connectivity index (χ2n) is 7.43. The second-order valence-corrected chi connectivity index (χ2v) is 7.87. The first-order valence-electron chi connectivity index (χ1n) is 10.1. The highest BCUT2D eigenvalue weighted by Crippen LogP contribution is 2.24. The summed E-state index contributed by atoms with van der Waals surface area (Å²) >= 11 is 5.96. The molecule has 2 N–H and O–H groups in total. The lowest BCUT2D eigenvalue weighted by molar-refractivity contribution is -0.119. The largest absolute Gasteiger partial charge is 0.488 e. The van der Waals surface area contributed by atoms with Gasteiger partial charge in [0.1, 0.15) is 12.3 Å². The number of aromatic nitrogens is 2. The summed E-state index contributed by atoms with van der Waals surface area (Å²) in [5, 5.41) is 6.01. The number of nitrogens with zero attached hydrogens (tertiary/aromatic N) is 2. The first-order valence-corrected chi connectivity index (χ1v) is 10.5. The molecular weight excluding hydrogens is 451 g/mol. The summed E-state index contributed by atoms with van der Waals surface area (Å²) in [6, 6.07) is 11.3. The maximum absolute atomic E-state index is 14.4. The van der Waals surface area contributed by atoms with Gasteiger partial charge in [0.15, 0.2) is 11.6 Å². The standard InChI is InChI=1S/C23H24ClFN4O4/c1-14(2)33-20-9-8-17(10-18(20)25)27-23-26-11-19(28-21(30)13-32-3)22(31)29(23)12-15-4-6-16(24)7-5-15/h4-11,14H,12-13H2,1-3H3,(H,26,27)(H,28,30). The fourth-order valence-electron chi connectivity index (χ4n) is 2.97. The summed E-state index contributed by atoms with van der Waals surface area (Å²) in [6.45, 7) is 3.53. The highest BCUT2D eigenvalue weighted by atomic mass is 35.5. The van der Waals surface area contributed by atoms with Gasteiger partial charge < -0.3 is 20.1 Å². The molecule has 3 aromatic rings. The number of benzene rings is 2. The van der Waals surface area contributed by atoms with Gasteiger partial charge in [-0.15, -0.1) is 0 Å². The molecule has 0 aliphatic rings. The van der Waals surface area contributed by atoms with Crippen LogP contribution in [0, 0.1) is 5.82 Å². The van der Waals surface area contributed by atoms with E-state index in [0.29, 0.717) is 10.7 Å². The number of hydrogen-bond acceptors (Lipinski definition) is 6. The van der Waals surface area contributed by atoms with Crippen LogP contribution in [0.15, 0.2) is 53.5 Å². The van der Waals surface area contributed by atoms with E-state index in [0.717, 1.165) is 5.56 Å². The predicted octanol–water partition coefficient (Wildman–Crippen LogP) is 4.20. The normalized spacial score (nSPS) is 10.8. The van der Waals surface area contributed by atoms with Gasteiger partial charge in [-0.2, -0.15) is 0 Å². The average Bonchev–Trinajstić information content (AvgIpc) is 2.76. The molecule has 8 nitrogen and oxygen atoms in total. The van der Waals surface area contributed by atoms with Crippen LogP contribution in [-0.2, 0) is 16.1 Å². The fourth-order valence-corrected chi connectivity index (χ4v) is 3.10. The number of halogens is 2. The molecule has 1 aromatic heterocycles.